The molecule has 39 heavy (non-hydrogen) atoms. The SMILES string of the molecule is N#CC(C#N)=c1s/c(=C\c2ccc(-c3ccc(S(=O)(=O)N4CCOCC4)cc3)o2)c(=O)n1-c1ccc(F)cc1. The van der Waals surface area contributed by atoms with Gasteiger partial charge in [0, 0.05) is 24.7 Å². The van der Waals surface area contributed by atoms with E-state index in [-0.39, 0.29) is 19.7 Å². The Balaban J connectivity index is 1.50. The van der Waals surface area contributed by atoms with Crippen LogP contribution in [0.4, 0.5) is 4.39 Å². The van der Waals surface area contributed by atoms with E-state index in [0.717, 1.165) is 11.3 Å². The Labute approximate surface area is 226 Å². The summed E-state index contributed by atoms with van der Waals surface area (Å²) in [6.45, 7) is 1.32. The average molecular weight is 563 g/mol. The molecule has 1 aliphatic heterocycles. The molecule has 4 aromatic rings. The second-order valence-corrected chi connectivity index (χ2v) is 11.3. The fourth-order valence-electron chi connectivity index (χ4n) is 4.04. The standard InChI is InChI=1S/C27H19FN4O5S2/c28-20-3-5-21(6-4-20)32-26(33)25(38-27(32)19(16-29)17-30)15-22-7-10-24(37-22)18-1-8-23(9-2-18)39(34,35)31-11-13-36-14-12-31/h1-10,15H,11-14H2/b25-15-. The number of rotatable bonds is 5. The van der Waals surface area contributed by atoms with Crippen molar-refractivity contribution in [1.29, 1.82) is 10.5 Å². The molecule has 0 bridgehead atoms. The number of nitriles is 2. The van der Waals surface area contributed by atoms with Crippen molar-refractivity contribution in [2.75, 3.05) is 26.3 Å². The molecule has 12 heteroatoms. The van der Waals surface area contributed by atoms with Crippen LogP contribution in [0.3, 0.4) is 0 Å². The third kappa shape index (κ3) is 5.19. The number of furan rings is 1. The maximum absolute atomic E-state index is 13.4. The Morgan fingerprint density at radius 2 is 1.64 bits per heavy atom. The second kappa shape index (κ2) is 10.8. The highest BCUT2D eigenvalue weighted by atomic mass is 32.2. The van der Waals surface area contributed by atoms with Gasteiger partial charge in [0.05, 0.1) is 28.3 Å². The molecule has 0 aliphatic carbocycles. The van der Waals surface area contributed by atoms with Gasteiger partial charge in [-0.05, 0) is 60.7 Å². The first-order valence-electron chi connectivity index (χ1n) is 11.6. The summed E-state index contributed by atoms with van der Waals surface area (Å²) in [5, 5.41) is 18.8. The van der Waals surface area contributed by atoms with Crippen LogP contribution in [0.25, 0.3) is 28.7 Å². The number of nitrogens with zero attached hydrogens (tertiary/aromatic N) is 4. The van der Waals surface area contributed by atoms with Crippen molar-refractivity contribution >= 4 is 33.0 Å². The third-order valence-corrected chi connectivity index (χ3v) is 9.00. The van der Waals surface area contributed by atoms with Crippen LogP contribution in [0.5, 0.6) is 0 Å². The molecule has 2 aromatic carbocycles. The maximum atomic E-state index is 13.4. The van der Waals surface area contributed by atoms with E-state index >= 15 is 0 Å². The molecule has 3 heterocycles. The van der Waals surface area contributed by atoms with Gasteiger partial charge in [-0.3, -0.25) is 9.36 Å². The molecule has 0 amide bonds. The number of sulfonamides is 1. The molecular formula is C27H19FN4O5S2. The summed E-state index contributed by atoms with van der Waals surface area (Å²) >= 11 is 0.939. The summed E-state index contributed by atoms with van der Waals surface area (Å²) < 4.78 is 53.2. The number of benzene rings is 2. The number of hydrogen-bond donors (Lipinski definition) is 0. The van der Waals surface area contributed by atoms with Crippen LogP contribution in [-0.4, -0.2) is 43.6 Å². The Morgan fingerprint density at radius 1 is 0.974 bits per heavy atom. The average Bonchev–Trinajstić information content (AvgIpc) is 3.55. The highest BCUT2D eigenvalue weighted by Crippen LogP contribution is 2.25. The van der Waals surface area contributed by atoms with E-state index in [1.54, 1.807) is 36.4 Å². The van der Waals surface area contributed by atoms with Gasteiger partial charge in [-0.25, -0.2) is 12.8 Å². The van der Waals surface area contributed by atoms with Crippen LogP contribution in [0.2, 0.25) is 0 Å². The molecule has 0 N–H and O–H groups in total. The highest BCUT2D eigenvalue weighted by Gasteiger charge is 2.26. The van der Waals surface area contributed by atoms with Crippen molar-refractivity contribution in [3.63, 3.8) is 0 Å². The zero-order chi connectivity index (χ0) is 27.6. The zero-order valence-corrected chi connectivity index (χ0v) is 21.8. The van der Waals surface area contributed by atoms with Gasteiger partial charge in [0.1, 0.15) is 34.1 Å². The normalized spacial score (nSPS) is 14.6. The summed E-state index contributed by atoms with van der Waals surface area (Å²) in [6, 6.07) is 18.4. The largest absolute Gasteiger partial charge is 0.457 e. The summed E-state index contributed by atoms with van der Waals surface area (Å²) in [4.78, 5) is 13.4. The fourth-order valence-corrected chi connectivity index (χ4v) is 6.48. The van der Waals surface area contributed by atoms with Crippen LogP contribution in [-0.2, 0) is 14.8 Å². The van der Waals surface area contributed by atoms with Gasteiger partial charge in [0.15, 0.2) is 5.57 Å². The minimum atomic E-state index is -3.63. The Morgan fingerprint density at radius 3 is 2.28 bits per heavy atom. The number of halogens is 1. The zero-order valence-electron chi connectivity index (χ0n) is 20.2. The fraction of sp³-hybridized carbons (Fsp3) is 0.148. The van der Waals surface area contributed by atoms with Gasteiger partial charge in [-0.1, -0.05) is 0 Å². The summed E-state index contributed by atoms with van der Waals surface area (Å²) in [7, 11) is -3.63. The van der Waals surface area contributed by atoms with E-state index in [1.807, 2.05) is 0 Å². The van der Waals surface area contributed by atoms with Crippen LogP contribution < -0.4 is 14.8 Å². The smallest absolute Gasteiger partial charge is 0.273 e. The quantitative estimate of drug-likeness (QED) is 0.365. The van der Waals surface area contributed by atoms with E-state index in [4.69, 9.17) is 9.15 Å². The molecule has 0 unspecified atom stereocenters. The van der Waals surface area contributed by atoms with Crippen LogP contribution in [0, 0.1) is 28.5 Å². The van der Waals surface area contributed by atoms with Crippen molar-refractivity contribution in [3.8, 4) is 29.1 Å². The first-order chi connectivity index (χ1) is 18.8. The summed E-state index contributed by atoms with van der Waals surface area (Å²) in [5.74, 6) is 0.296. The van der Waals surface area contributed by atoms with E-state index in [9.17, 15) is 28.1 Å². The topological polar surface area (TPSA) is 129 Å². The number of morpholine rings is 1. The number of ether oxygens (including phenoxy) is 1. The molecule has 0 radical (unpaired) electrons. The lowest BCUT2D eigenvalue weighted by molar-refractivity contribution is 0.0730. The van der Waals surface area contributed by atoms with E-state index < -0.39 is 21.4 Å². The Hall–Kier alpha value is -4.33. The number of aromatic nitrogens is 1. The first-order valence-corrected chi connectivity index (χ1v) is 13.9. The van der Waals surface area contributed by atoms with Crippen molar-refractivity contribution in [2.45, 2.75) is 4.90 Å². The molecule has 0 saturated carbocycles. The van der Waals surface area contributed by atoms with Gasteiger partial charge in [-0.15, -0.1) is 11.3 Å². The Kier molecular flexibility index (Phi) is 7.28. The van der Waals surface area contributed by atoms with Crippen molar-refractivity contribution in [3.05, 3.63) is 91.8 Å². The van der Waals surface area contributed by atoms with Gasteiger partial charge < -0.3 is 9.15 Å². The lowest BCUT2D eigenvalue weighted by Gasteiger charge is -2.26. The van der Waals surface area contributed by atoms with Crippen LogP contribution in [0.15, 0.2) is 74.8 Å². The minimum Gasteiger partial charge on any atom is -0.457 e. The molecular weight excluding hydrogens is 543 g/mol. The molecule has 1 fully saturated rings. The van der Waals surface area contributed by atoms with Crippen molar-refractivity contribution in [1.82, 2.24) is 8.87 Å². The molecule has 196 valence electrons. The van der Waals surface area contributed by atoms with E-state index in [2.05, 4.69) is 0 Å². The lowest BCUT2D eigenvalue weighted by atomic mass is 10.2. The summed E-state index contributed by atoms with van der Waals surface area (Å²) in [6.07, 6.45) is 1.49. The molecule has 0 atom stereocenters. The molecule has 5 rings (SSSR count). The number of hydrogen-bond acceptors (Lipinski definition) is 8. The van der Waals surface area contributed by atoms with E-state index in [1.165, 1.54) is 51.3 Å². The lowest BCUT2D eigenvalue weighted by Crippen LogP contribution is -2.40. The Bertz CT molecular complexity index is 1890. The van der Waals surface area contributed by atoms with Gasteiger partial charge in [-0.2, -0.15) is 14.8 Å². The first kappa shape index (κ1) is 26.3. The maximum Gasteiger partial charge on any atom is 0.273 e. The van der Waals surface area contributed by atoms with Gasteiger partial charge in [0.25, 0.3) is 5.56 Å². The second-order valence-electron chi connectivity index (χ2n) is 8.37. The summed E-state index contributed by atoms with van der Waals surface area (Å²) in [5.41, 5.74) is 0.187. The predicted octanol–water partition coefficient (Wildman–Crippen LogP) is 2.35. The molecule has 2 aromatic heterocycles. The van der Waals surface area contributed by atoms with Crippen LogP contribution >= 0.6 is 11.3 Å². The molecule has 9 nitrogen and oxygen atoms in total. The molecule has 1 saturated heterocycles. The van der Waals surface area contributed by atoms with Crippen molar-refractivity contribution < 1.29 is 22.0 Å². The van der Waals surface area contributed by atoms with Crippen molar-refractivity contribution in [2.24, 2.45) is 0 Å². The van der Waals surface area contributed by atoms with Gasteiger partial charge >= 0.3 is 0 Å². The van der Waals surface area contributed by atoms with E-state index in [0.29, 0.717) is 49.1 Å². The third-order valence-electron chi connectivity index (χ3n) is 5.99. The molecule has 1 aliphatic rings. The number of thiazole rings is 1. The van der Waals surface area contributed by atoms with Crippen LogP contribution in [0.1, 0.15) is 5.76 Å². The highest BCUT2D eigenvalue weighted by molar-refractivity contribution is 7.89. The van der Waals surface area contributed by atoms with Gasteiger partial charge in [0.2, 0.25) is 10.0 Å². The minimum absolute atomic E-state index is 0.117. The predicted molar refractivity (Wildman–Crippen MR) is 141 cm³/mol. The molecule has 0 spiro atoms. The monoisotopic (exact) mass is 562 g/mol.